The number of carbonyl (C=O) groups excluding carboxylic acids is 1. The van der Waals surface area contributed by atoms with Gasteiger partial charge in [0.05, 0.1) is 29.9 Å². The van der Waals surface area contributed by atoms with Crippen molar-refractivity contribution in [1.29, 1.82) is 0 Å². The third kappa shape index (κ3) is 6.57. The van der Waals surface area contributed by atoms with E-state index in [-0.39, 0.29) is 11.5 Å². The number of amides is 1. The molecular weight excluding hydrogens is 445 g/mol. The number of aromatic nitrogens is 2. The summed E-state index contributed by atoms with van der Waals surface area (Å²) in [4.78, 5) is 23.2. The molecule has 12 heteroatoms. The number of halogens is 3. The predicted octanol–water partition coefficient (Wildman–Crippen LogP) is 2.37. The zero-order chi connectivity index (χ0) is 24.2. The van der Waals surface area contributed by atoms with Gasteiger partial charge in [0, 0.05) is 33.2 Å². The van der Waals surface area contributed by atoms with E-state index in [2.05, 4.69) is 21.4 Å². The van der Waals surface area contributed by atoms with Gasteiger partial charge in [-0.1, -0.05) is 0 Å². The Morgan fingerprint density at radius 3 is 2.55 bits per heavy atom. The summed E-state index contributed by atoms with van der Waals surface area (Å²) in [6, 6.07) is 5.54. The van der Waals surface area contributed by atoms with Crippen molar-refractivity contribution in [1.82, 2.24) is 20.0 Å². The molecule has 182 valence electrons. The van der Waals surface area contributed by atoms with Crippen LogP contribution in [0, 0.1) is 12.8 Å². The first-order valence-corrected chi connectivity index (χ1v) is 10.4. The largest absolute Gasteiger partial charge is 0.490 e. The molecule has 2 saturated heterocycles. The van der Waals surface area contributed by atoms with E-state index in [0.717, 1.165) is 38.2 Å². The molecule has 9 nitrogen and oxygen atoms in total. The fourth-order valence-electron chi connectivity index (χ4n) is 3.98. The van der Waals surface area contributed by atoms with Gasteiger partial charge in [-0.2, -0.15) is 18.3 Å². The summed E-state index contributed by atoms with van der Waals surface area (Å²) < 4.78 is 45.0. The standard InChI is InChI=1S/C19H26N4O3.C2HF3O2/c1-14-8-16(22(2)21-14)10-23-12-19(13-23)6-5-15(11-26-19)9-20-18(24)17-4-3-7-25-17;3-2(4,5)1(6)7/h3-4,7-8,15H,5-6,9-13H2,1-2H3,(H,20,24);(H,6,7). The third-order valence-electron chi connectivity index (χ3n) is 5.68. The summed E-state index contributed by atoms with van der Waals surface area (Å²) >= 11 is 0. The van der Waals surface area contributed by atoms with Crippen LogP contribution in [0.5, 0.6) is 0 Å². The van der Waals surface area contributed by atoms with Crippen LogP contribution in [0.15, 0.2) is 28.9 Å². The molecule has 1 spiro atoms. The van der Waals surface area contributed by atoms with Crippen LogP contribution in [0.25, 0.3) is 0 Å². The molecule has 2 aromatic heterocycles. The maximum Gasteiger partial charge on any atom is 0.490 e. The van der Waals surface area contributed by atoms with E-state index in [1.54, 1.807) is 12.1 Å². The van der Waals surface area contributed by atoms with Crippen molar-refractivity contribution in [3.05, 3.63) is 41.6 Å². The molecule has 0 saturated carbocycles. The summed E-state index contributed by atoms with van der Waals surface area (Å²) in [5, 5.41) is 14.5. The Morgan fingerprint density at radius 1 is 1.36 bits per heavy atom. The Bertz CT molecular complexity index is 942. The molecule has 0 bridgehead atoms. The van der Waals surface area contributed by atoms with E-state index in [0.29, 0.717) is 24.8 Å². The van der Waals surface area contributed by atoms with Gasteiger partial charge < -0.3 is 19.6 Å². The summed E-state index contributed by atoms with van der Waals surface area (Å²) in [7, 11) is 2.00. The van der Waals surface area contributed by atoms with Crippen LogP contribution in [0.3, 0.4) is 0 Å². The fraction of sp³-hybridized carbons (Fsp3) is 0.571. The van der Waals surface area contributed by atoms with Gasteiger partial charge in [-0.05, 0) is 43.9 Å². The van der Waals surface area contributed by atoms with E-state index >= 15 is 0 Å². The van der Waals surface area contributed by atoms with E-state index in [4.69, 9.17) is 19.1 Å². The number of aryl methyl sites for hydroxylation is 2. The SMILES string of the molecule is Cc1cc(CN2CC3(CCC(CNC(=O)c4ccco4)CO3)C2)n(C)n1.O=C(O)C(F)(F)F. The first kappa shape index (κ1) is 24.8. The van der Waals surface area contributed by atoms with Crippen molar-refractivity contribution in [2.45, 2.75) is 38.1 Å². The van der Waals surface area contributed by atoms with Gasteiger partial charge in [0.25, 0.3) is 5.91 Å². The number of furan rings is 1. The number of likely N-dealkylation sites (tertiary alicyclic amines) is 1. The number of carboxylic acid groups (broad SMARTS) is 1. The van der Waals surface area contributed by atoms with E-state index in [1.165, 1.54) is 12.0 Å². The molecule has 1 amide bonds. The van der Waals surface area contributed by atoms with Crippen LogP contribution >= 0.6 is 0 Å². The highest BCUT2D eigenvalue weighted by Crippen LogP contribution is 2.36. The molecule has 4 heterocycles. The average molecular weight is 472 g/mol. The molecule has 2 aliphatic heterocycles. The van der Waals surface area contributed by atoms with Gasteiger partial charge in [-0.25, -0.2) is 4.79 Å². The highest BCUT2D eigenvalue weighted by molar-refractivity contribution is 5.91. The third-order valence-corrected chi connectivity index (χ3v) is 5.68. The van der Waals surface area contributed by atoms with E-state index < -0.39 is 12.1 Å². The highest BCUT2D eigenvalue weighted by atomic mass is 19.4. The number of carboxylic acids is 1. The Hall–Kier alpha value is -2.86. The first-order chi connectivity index (χ1) is 15.5. The van der Waals surface area contributed by atoms with Crippen molar-refractivity contribution in [2.75, 3.05) is 26.2 Å². The number of nitrogens with zero attached hydrogens (tertiary/aromatic N) is 3. The summed E-state index contributed by atoms with van der Waals surface area (Å²) in [6.07, 6.45) is -1.44. The minimum atomic E-state index is -5.08. The Kier molecular flexibility index (Phi) is 7.48. The summed E-state index contributed by atoms with van der Waals surface area (Å²) in [6.45, 7) is 6.23. The summed E-state index contributed by atoms with van der Waals surface area (Å²) in [5.41, 5.74) is 2.31. The molecule has 1 unspecified atom stereocenters. The van der Waals surface area contributed by atoms with Crippen LogP contribution in [0.4, 0.5) is 13.2 Å². The predicted molar refractivity (Wildman–Crippen MR) is 109 cm³/mol. The van der Waals surface area contributed by atoms with Crippen molar-refractivity contribution in [3.63, 3.8) is 0 Å². The number of ether oxygens (including phenoxy) is 1. The maximum absolute atomic E-state index is 11.9. The van der Waals surface area contributed by atoms with Crippen molar-refractivity contribution in [3.8, 4) is 0 Å². The molecule has 2 aromatic rings. The lowest BCUT2D eigenvalue weighted by Crippen LogP contribution is -2.64. The molecule has 0 aliphatic carbocycles. The quantitative estimate of drug-likeness (QED) is 0.688. The molecule has 0 radical (unpaired) electrons. The molecule has 2 N–H and O–H groups in total. The molecule has 1 atom stereocenters. The molecule has 0 aromatic carbocycles. The van der Waals surface area contributed by atoms with E-state index in [9.17, 15) is 18.0 Å². The smallest absolute Gasteiger partial charge is 0.475 e. The molecule has 33 heavy (non-hydrogen) atoms. The number of aliphatic carboxylic acids is 1. The van der Waals surface area contributed by atoms with Gasteiger partial charge in [-0.3, -0.25) is 14.4 Å². The molecular formula is C21H27F3N4O5. The monoisotopic (exact) mass is 472 g/mol. The Balaban J connectivity index is 0.000000383. The summed E-state index contributed by atoms with van der Waals surface area (Å²) in [5.74, 6) is -2.18. The number of hydrogen-bond donors (Lipinski definition) is 2. The van der Waals surface area contributed by atoms with Crippen LogP contribution < -0.4 is 5.32 Å². The zero-order valence-electron chi connectivity index (χ0n) is 18.4. The van der Waals surface area contributed by atoms with Crippen LogP contribution in [0.1, 0.15) is 34.8 Å². The highest BCUT2D eigenvalue weighted by Gasteiger charge is 2.46. The zero-order valence-corrected chi connectivity index (χ0v) is 18.4. The number of nitrogens with one attached hydrogen (secondary N) is 1. The lowest BCUT2D eigenvalue weighted by Gasteiger charge is -2.52. The first-order valence-electron chi connectivity index (χ1n) is 10.4. The fourth-order valence-corrected chi connectivity index (χ4v) is 3.98. The minimum absolute atomic E-state index is 0.00909. The van der Waals surface area contributed by atoms with Crippen LogP contribution in [-0.4, -0.2) is 69.7 Å². The van der Waals surface area contributed by atoms with Gasteiger partial charge in [0.2, 0.25) is 0 Å². The number of rotatable bonds is 5. The van der Waals surface area contributed by atoms with Crippen LogP contribution in [-0.2, 0) is 23.1 Å². The minimum Gasteiger partial charge on any atom is -0.475 e. The van der Waals surface area contributed by atoms with Crippen molar-refractivity contribution < 1.29 is 37.0 Å². The second-order valence-corrected chi connectivity index (χ2v) is 8.43. The lowest BCUT2D eigenvalue weighted by molar-refractivity contribution is -0.192. The number of carbonyl (C=O) groups is 2. The molecule has 2 fully saturated rings. The van der Waals surface area contributed by atoms with Gasteiger partial charge >= 0.3 is 12.1 Å². The molecule has 4 rings (SSSR count). The second kappa shape index (κ2) is 9.96. The van der Waals surface area contributed by atoms with Crippen LogP contribution in [0.2, 0.25) is 0 Å². The maximum atomic E-state index is 11.9. The number of alkyl halides is 3. The topological polar surface area (TPSA) is 110 Å². The van der Waals surface area contributed by atoms with Gasteiger partial charge in [0.1, 0.15) is 0 Å². The van der Waals surface area contributed by atoms with Crippen molar-refractivity contribution >= 4 is 11.9 Å². The van der Waals surface area contributed by atoms with E-state index in [1.807, 2.05) is 18.7 Å². The Morgan fingerprint density at radius 2 is 2.06 bits per heavy atom. The molecule has 2 aliphatic rings. The van der Waals surface area contributed by atoms with Gasteiger partial charge in [-0.15, -0.1) is 0 Å². The Labute approximate surface area is 188 Å². The van der Waals surface area contributed by atoms with Gasteiger partial charge in [0.15, 0.2) is 5.76 Å². The number of hydrogen-bond acceptors (Lipinski definition) is 6. The lowest BCUT2D eigenvalue weighted by atomic mass is 9.83. The second-order valence-electron chi connectivity index (χ2n) is 8.43. The van der Waals surface area contributed by atoms with Crippen molar-refractivity contribution in [2.24, 2.45) is 13.0 Å². The average Bonchev–Trinajstić information content (AvgIpc) is 3.36. The normalized spacial score (nSPS) is 20.0.